The Balaban J connectivity index is 1.04. The Morgan fingerprint density at radius 3 is 1.69 bits per heavy atom. The first kappa shape index (κ1) is 32.7. The SMILES string of the molecule is c1ccc2c(c1)Oc1ccccc1C21c2ccccc2-c2ccc(-c3ccccc3-c3nc(-c4cccc5ccccc45)nc(C45CC6C[C@H](C4)C[C@@H](C6)C5)n3)cc21. The van der Waals surface area contributed by atoms with Gasteiger partial charge in [0.25, 0.3) is 0 Å². The van der Waals surface area contributed by atoms with Crippen molar-refractivity contribution in [3.05, 3.63) is 186 Å². The van der Waals surface area contributed by atoms with E-state index in [4.69, 9.17) is 19.7 Å². The maximum Gasteiger partial charge on any atom is 0.164 e. The number of aromatic nitrogens is 3. The molecule has 4 nitrogen and oxygen atoms in total. The van der Waals surface area contributed by atoms with Gasteiger partial charge in [-0.3, -0.25) is 0 Å². The van der Waals surface area contributed by atoms with Gasteiger partial charge in [0.15, 0.2) is 11.6 Å². The second-order valence-electron chi connectivity index (χ2n) is 17.7. The number of benzene rings is 7. The van der Waals surface area contributed by atoms with Crippen molar-refractivity contribution in [3.8, 4) is 56.5 Å². The lowest BCUT2D eigenvalue weighted by atomic mass is 9.49. The average molecular weight is 748 g/mol. The van der Waals surface area contributed by atoms with Crippen LogP contribution in [-0.2, 0) is 10.8 Å². The predicted molar refractivity (Wildman–Crippen MR) is 231 cm³/mol. The average Bonchev–Trinajstić information content (AvgIpc) is 3.55. The highest BCUT2D eigenvalue weighted by molar-refractivity contribution is 5.96. The first-order valence-corrected chi connectivity index (χ1v) is 21.1. The highest BCUT2D eigenvalue weighted by atomic mass is 16.5. The van der Waals surface area contributed by atoms with Crippen LogP contribution in [0.1, 0.15) is 66.6 Å². The minimum absolute atomic E-state index is 0.0102. The molecule has 4 heteroatoms. The van der Waals surface area contributed by atoms with Crippen molar-refractivity contribution >= 4 is 10.8 Å². The van der Waals surface area contributed by atoms with E-state index < -0.39 is 5.41 Å². The van der Waals surface area contributed by atoms with E-state index in [1.54, 1.807) is 0 Å². The minimum Gasteiger partial charge on any atom is -0.457 e. The van der Waals surface area contributed by atoms with Gasteiger partial charge in [-0.25, -0.2) is 15.0 Å². The molecule has 278 valence electrons. The summed E-state index contributed by atoms with van der Waals surface area (Å²) >= 11 is 0. The van der Waals surface area contributed by atoms with Gasteiger partial charge in [-0.2, -0.15) is 0 Å². The highest BCUT2D eigenvalue weighted by Gasteiger charge is 2.54. The fourth-order valence-electron chi connectivity index (χ4n) is 12.6. The van der Waals surface area contributed by atoms with Crippen LogP contribution in [0.3, 0.4) is 0 Å². The zero-order valence-corrected chi connectivity index (χ0v) is 32.2. The van der Waals surface area contributed by atoms with Gasteiger partial charge in [0.1, 0.15) is 17.3 Å². The Morgan fingerprint density at radius 1 is 0.431 bits per heavy atom. The summed E-state index contributed by atoms with van der Waals surface area (Å²) in [5, 5.41) is 2.37. The third-order valence-electron chi connectivity index (χ3n) is 14.5. The van der Waals surface area contributed by atoms with Gasteiger partial charge in [0.05, 0.1) is 5.41 Å². The van der Waals surface area contributed by atoms with Gasteiger partial charge < -0.3 is 4.74 Å². The van der Waals surface area contributed by atoms with E-state index in [-0.39, 0.29) is 5.41 Å². The third kappa shape index (κ3) is 4.54. The molecule has 1 spiro atoms. The lowest BCUT2D eigenvalue weighted by Crippen LogP contribution is -2.49. The zero-order valence-electron chi connectivity index (χ0n) is 32.2. The fourth-order valence-corrected chi connectivity index (χ4v) is 12.6. The van der Waals surface area contributed by atoms with Gasteiger partial charge >= 0.3 is 0 Å². The monoisotopic (exact) mass is 747 g/mol. The van der Waals surface area contributed by atoms with Gasteiger partial charge in [0, 0.05) is 27.7 Å². The molecule has 0 N–H and O–H groups in total. The number of fused-ring (bicyclic) bond motifs is 10. The number of para-hydroxylation sites is 2. The molecule has 0 unspecified atom stereocenters. The second kappa shape index (κ2) is 12.1. The first-order chi connectivity index (χ1) is 28.6. The van der Waals surface area contributed by atoms with Crippen LogP contribution in [0.4, 0.5) is 0 Å². The molecule has 0 amide bonds. The van der Waals surface area contributed by atoms with E-state index in [1.807, 2.05) is 0 Å². The Kier molecular flexibility index (Phi) is 6.80. The smallest absolute Gasteiger partial charge is 0.164 e. The predicted octanol–water partition coefficient (Wildman–Crippen LogP) is 13.0. The molecule has 4 fully saturated rings. The molecule has 0 radical (unpaired) electrons. The Labute approximate surface area is 338 Å². The summed E-state index contributed by atoms with van der Waals surface area (Å²) in [7, 11) is 0. The summed E-state index contributed by atoms with van der Waals surface area (Å²) in [5.74, 6) is 6.69. The molecule has 5 aliphatic carbocycles. The molecular weight excluding hydrogens is 707 g/mol. The molecule has 1 aromatic heterocycles. The fraction of sp³-hybridized carbons (Fsp3) is 0.204. The molecular formula is C54H41N3O. The third-order valence-corrected chi connectivity index (χ3v) is 14.5. The molecule has 0 saturated heterocycles. The van der Waals surface area contributed by atoms with E-state index in [2.05, 4.69) is 158 Å². The Morgan fingerprint density at radius 2 is 0.966 bits per heavy atom. The van der Waals surface area contributed by atoms with Crippen LogP contribution in [0.25, 0.3) is 55.8 Å². The number of ether oxygens (including phenoxy) is 1. The molecule has 1 aliphatic heterocycles. The standard InChI is InChI=1S/C54H41N3O/c1-2-14-38-36(12-1)13-11-18-43(38)51-55-50(56-52(57-51)53-30-33-26-34(31-53)28-35(27-33)32-53)42-17-4-3-15-39(42)37-24-25-41-40-16-5-6-19-44(40)54(47(41)29-37)45-20-7-9-22-48(45)58-49-23-10-8-21-46(49)54/h1-25,29,33-35H,26-28,30-32H2/t33-,34+,35?,53?. The number of rotatable bonds is 4. The first-order valence-electron chi connectivity index (χ1n) is 21.1. The summed E-state index contributed by atoms with van der Waals surface area (Å²) in [6, 6.07) is 57.1. The van der Waals surface area contributed by atoms with Crippen LogP contribution in [0.15, 0.2) is 158 Å². The van der Waals surface area contributed by atoms with Crippen molar-refractivity contribution in [2.24, 2.45) is 17.8 Å². The van der Waals surface area contributed by atoms with Crippen molar-refractivity contribution in [3.63, 3.8) is 0 Å². The summed E-state index contributed by atoms with van der Waals surface area (Å²) in [6.07, 6.45) is 7.71. The van der Waals surface area contributed by atoms with E-state index in [0.29, 0.717) is 0 Å². The summed E-state index contributed by atoms with van der Waals surface area (Å²) in [6.45, 7) is 0. The van der Waals surface area contributed by atoms with Gasteiger partial charge in [-0.1, -0.05) is 140 Å². The van der Waals surface area contributed by atoms with E-state index >= 15 is 0 Å². The maximum absolute atomic E-state index is 6.64. The van der Waals surface area contributed by atoms with Gasteiger partial charge in [-0.15, -0.1) is 0 Å². The number of nitrogens with zero attached hydrogens (tertiary/aromatic N) is 3. The molecule has 4 bridgehead atoms. The summed E-state index contributed by atoms with van der Waals surface area (Å²) in [5.41, 5.74) is 11.3. The minimum atomic E-state index is -0.539. The van der Waals surface area contributed by atoms with E-state index in [1.165, 1.54) is 82.7 Å². The lowest BCUT2D eigenvalue weighted by Gasteiger charge is -2.56. The zero-order chi connectivity index (χ0) is 38.0. The largest absolute Gasteiger partial charge is 0.457 e. The second-order valence-corrected chi connectivity index (χ2v) is 17.7. The molecule has 7 aromatic carbocycles. The van der Waals surface area contributed by atoms with Gasteiger partial charge in [0.2, 0.25) is 0 Å². The number of hydrogen-bond acceptors (Lipinski definition) is 4. The molecule has 4 saturated carbocycles. The van der Waals surface area contributed by atoms with Crippen LogP contribution in [0.2, 0.25) is 0 Å². The van der Waals surface area contributed by atoms with Gasteiger partial charge in [-0.05, 0) is 119 Å². The van der Waals surface area contributed by atoms with Crippen molar-refractivity contribution in [1.29, 1.82) is 0 Å². The van der Waals surface area contributed by atoms with Crippen LogP contribution < -0.4 is 4.74 Å². The highest BCUT2D eigenvalue weighted by Crippen LogP contribution is 2.63. The van der Waals surface area contributed by atoms with Crippen LogP contribution in [0.5, 0.6) is 11.5 Å². The molecule has 14 rings (SSSR count). The van der Waals surface area contributed by atoms with Crippen molar-refractivity contribution in [1.82, 2.24) is 15.0 Å². The molecule has 58 heavy (non-hydrogen) atoms. The van der Waals surface area contributed by atoms with Crippen molar-refractivity contribution in [2.45, 2.75) is 49.4 Å². The Hall–Kier alpha value is -6.39. The quantitative estimate of drug-likeness (QED) is 0.180. The molecule has 8 aromatic rings. The number of hydrogen-bond donors (Lipinski definition) is 0. The van der Waals surface area contributed by atoms with Crippen LogP contribution >= 0.6 is 0 Å². The van der Waals surface area contributed by atoms with E-state index in [9.17, 15) is 0 Å². The topological polar surface area (TPSA) is 47.9 Å². The van der Waals surface area contributed by atoms with Crippen molar-refractivity contribution in [2.75, 3.05) is 0 Å². The lowest BCUT2D eigenvalue weighted by molar-refractivity contribution is -0.00938. The normalized spacial score (nSPS) is 22.6. The molecule has 6 aliphatic rings. The Bertz CT molecular complexity index is 2910. The van der Waals surface area contributed by atoms with Crippen LogP contribution in [-0.4, -0.2) is 15.0 Å². The maximum atomic E-state index is 6.64. The molecule has 0 atom stereocenters. The van der Waals surface area contributed by atoms with E-state index in [0.717, 1.165) is 69.0 Å². The van der Waals surface area contributed by atoms with Crippen molar-refractivity contribution < 1.29 is 4.74 Å². The summed E-state index contributed by atoms with van der Waals surface area (Å²) < 4.78 is 6.64. The van der Waals surface area contributed by atoms with Crippen LogP contribution in [0, 0.1) is 17.8 Å². The molecule has 2 heterocycles. The summed E-state index contributed by atoms with van der Waals surface area (Å²) in [4.78, 5) is 16.5.